The summed E-state index contributed by atoms with van der Waals surface area (Å²) in [5.41, 5.74) is 2.99. The number of likely N-dealkylation sites (N-methyl/N-ethyl adjacent to an activating group) is 1. The first-order chi connectivity index (χ1) is 9.77. The van der Waals surface area contributed by atoms with Crippen molar-refractivity contribution in [3.63, 3.8) is 0 Å². The van der Waals surface area contributed by atoms with E-state index in [4.69, 9.17) is 4.74 Å². The van der Waals surface area contributed by atoms with Gasteiger partial charge >= 0.3 is 0 Å². The molecular formula is C17H28N2O. The van der Waals surface area contributed by atoms with Crippen molar-refractivity contribution < 1.29 is 4.74 Å². The quantitative estimate of drug-likeness (QED) is 0.739. The van der Waals surface area contributed by atoms with E-state index in [0.717, 1.165) is 32.5 Å². The predicted octanol–water partition coefficient (Wildman–Crippen LogP) is 2.62. The Bertz CT molecular complexity index is 408. The molecule has 0 radical (unpaired) electrons. The van der Waals surface area contributed by atoms with Crippen molar-refractivity contribution in [1.29, 1.82) is 0 Å². The van der Waals surface area contributed by atoms with E-state index in [1.807, 2.05) is 0 Å². The zero-order valence-electron chi connectivity index (χ0n) is 13.1. The third-order valence-corrected chi connectivity index (χ3v) is 4.24. The minimum Gasteiger partial charge on any atom is -0.385 e. The highest BCUT2D eigenvalue weighted by atomic mass is 16.5. The number of fused-ring (bicyclic) bond motifs is 1. The van der Waals surface area contributed by atoms with Crippen LogP contribution < -0.4 is 5.32 Å². The summed E-state index contributed by atoms with van der Waals surface area (Å²) in [6.07, 6.45) is 3.43. The van der Waals surface area contributed by atoms with E-state index >= 15 is 0 Å². The Hall–Kier alpha value is -0.900. The van der Waals surface area contributed by atoms with E-state index in [9.17, 15) is 0 Å². The van der Waals surface area contributed by atoms with Gasteiger partial charge in [-0.3, -0.25) is 0 Å². The van der Waals surface area contributed by atoms with Crippen LogP contribution in [-0.2, 0) is 11.2 Å². The molecule has 2 rings (SSSR count). The summed E-state index contributed by atoms with van der Waals surface area (Å²) in [7, 11) is 4.02. The Kier molecular flexibility index (Phi) is 6.02. The minimum atomic E-state index is 0.471. The van der Waals surface area contributed by atoms with E-state index in [0.29, 0.717) is 12.1 Å². The van der Waals surface area contributed by atoms with E-state index < -0.39 is 0 Å². The van der Waals surface area contributed by atoms with Crippen LogP contribution in [0.2, 0.25) is 0 Å². The number of nitrogens with zero attached hydrogens (tertiary/aromatic N) is 1. The highest BCUT2D eigenvalue weighted by Gasteiger charge is 2.33. The molecule has 3 heteroatoms. The van der Waals surface area contributed by atoms with Crippen LogP contribution in [0.15, 0.2) is 24.3 Å². The average molecular weight is 276 g/mol. The number of nitrogens with one attached hydrogen (secondary N) is 1. The molecule has 0 spiro atoms. The Morgan fingerprint density at radius 2 is 2.15 bits per heavy atom. The monoisotopic (exact) mass is 276 g/mol. The largest absolute Gasteiger partial charge is 0.385 e. The molecule has 0 saturated heterocycles. The van der Waals surface area contributed by atoms with Crippen LogP contribution in [0.25, 0.3) is 0 Å². The van der Waals surface area contributed by atoms with Crippen LogP contribution in [0.3, 0.4) is 0 Å². The molecule has 0 bridgehead atoms. The number of hydrogen-bond donors (Lipinski definition) is 1. The second-order valence-electron chi connectivity index (χ2n) is 5.73. The molecule has 20 heavy (non-hydrogen) atoms. The fraction of sp³-hybridized carbons (Fsp3) is 0.647. The van der Waals surface area contributed by atoms with Gasteiger partial charge < -0.3 is 15.0 Å². The van der Waals surface area contributed by atoms with E-state index in [1.165, 1.54) is 17.5 Å². The highest BCUT2D eigenvalue weighted by molar-refractivity contribution is 5.37. The first kappa shape index (κ1) is 15.5. The normalized spacial score (nSPS) is 21.4. The van der Waals surface area contributed by atoms with Gasteiger partial charge in [-0.05, 0) is 44.0 Å². The molecule has 0 heterocycles. The summed E-state index contributed by atoms with van der Waals surface area (Å²) in [6, 6.07) is 9.91. The van der Waals surface area contributed by atoms with Crippen LogP contribution in [-0.4, -0.2) is 44.8 Å². The van der Waals surface area contributed by atoms with E-state index in [2.05, 4.69) is 48.5 Å². The van der Waals surface area contributed by atoms with Gasteiger partial charge in [-0.2, -0.15) is 0 Å². The smallest absolute Gasteiger partial charge is 0.0484 e. The van der Waals surface area contributed by atoms with Crippen molar-refractivity contribution in [1.82, 2.24) is 10.2 Å². The molecule has 112 valence electrons. The van der Waals surface area contributed by atoms with Gasteiger partial charge in [-0.25, -0.2) is 0 Å². The van der Waals surface area contributed by atoms with Gasteiger partial charge in [0.05, 0.1) is 0 Å². The van der Waals surface area contributed by atoms with Crippen molar-refractivity contribution in [2.24, 2.45) is 0 Å². The Morgan fingerprint density at radius 3 is 2.90 bits per heavy atom. The molecule has 3 nitrogen and oxygen atoms in total. The van der Waals surface area contributed by atoms with Gasteiger partial charge in [0.15, 0.2) is 0 Å². The molecular weight excluding hydrogens is 248 g/mol. The van der Waals surface area contributed by atoms with Crippen molar-refractivity contribution >= 4 is 0 Å². The number of rotatable bonds is 8. The third kappa shape index (κ3) is 3.60. The number of benzene rings is 1. The van der Waals surface area contributed by atoms with Gasteiger partial charge in [-0.15, -0.1) is 0 Å². The van der Waals surface area contributed by atoms with E-state index in [-0.39, 0.29) is 0 Å². The van der Waals surface area contributed by atoms with Gasteiger partial charge in [0.2, 0.25) is 0 Å². The number of ether oxygens (including phenoxy) is 1. The molecule has 1 aliphatic carbocycles. The topological polar surface area (TPSA) is 24.5 Å². The maximum atomic E-state index is 5.17. The lowest BCUT2D eigenvalue weighted by Gasteiger charge is -2.30. The maximum Gasteiger partial charge on any atom is 0.0484 e. The first-order valence-electron chi connectivity index (χ1n) is 7.78. The molecule has 1 aromatic carbocycles. The molecule has 0 aliphatic heterocycles. The summed E-state index contributed by atoms with van der Waals surface area (Å²) in [5, 5.41) is 3.74. The molecule has 2 unspecified atom stereocenters. The lowest BCUT2D eigenvalue weighted by molar-refractivity contribution is 0.154. The second kappa shape index (κ2) is 7.77. The highest BCUT2D eigenvalue weighted by Crippen LogP contribution is 2.34. The average Bonchev–Trinajstić information content (AvgIpc) is 2.84. The minimum absolute atomic E-state index is 0.471. The molecule has 0 aromatic heterocycles. The molecule has 1 aromatic rings. The Morgan fingerprint density at radius 1 is 1.35 bits per heavy atom. The number of methoxy groups -OCH3 is 1. The van der Waals surface area contributed by atoms with Crippen molar-refractivity contribution in [2.75, 3.05) is 33.9 Å². The fourth-order valence-corrected chi connectivity index (χ4v) is 3.15. The van der Waals surface area contributed by atoms with Crippen molar-refractivity contribution in [2.45, 2.75) is 38.3 Å². The van der Waals surface area contributed by atoms with Gasteiger partial charge in [-0.1, -0.05) is 31.2 Å². The SMILES string of the molecule is CCCNC1c2ccccc2CC1N(C)CCCOC. The Labute approximate surface area is 123 Å². The maximum absolute atomic E-state index is 5.17. The standard InChI is InChI=1S/C17H28N2O/c1-4-10-18-17-15-9-6-5-8-14(15)13-16(17)19(2)11-7-12-20-3/h5-6,8-9,16-18H,4,7,10-13H2,1-3H3. The zero-order chi connectivity index (χ0) is 14.4. The van der Waals surface area contributed by atoms with Gasteiger partial charge in [0.1, 0.15) is 0 Å². The van der Waals surface area contributed by atoms with E-state index in [1.54, 1.807) is 7.11 Å². The molecule has 2 atom stereocenters. The summed E-state index contributed by atoms with van der Waals surface area (Å²) >= 11 is 0. The van der Waals surface area contributed by atoms with Crippen LogP contribution in [0.4, 0.5) is 0 Å². The lowest BCUT2D eigenvalue weighted by Crippen LogP contribution is -2.41. The first-order valence-corrected chi connectivity index (χ1v) is 7.78. The van der Waals surface area contributed by atoms with Gasteiger partial charge in [0, 0.05) is 32.3 Å². The molecule has 0 saturated carbocycles. The predicted molar refractivity (Wildman–Crippen MR) is 84.1 cm³/mol. The lowest BCUT2D eigenvalue weighted by atomic mass is 10.1. The second-order valence-corrected chi connectivity index (χ2v) is 5.73. The molecule has 0 fully saturated rings. The Balaban J connectivity index is 2.04. The summed E-state index contributed by atoms with van der Waals surface area (Å²) in [5.74, 6) is 0. The van der Waals surface area contributed by atoms with Crippen LogP contribution >= 0.6 is 0 Å². The molecule has 0 amide bonds. The fourth-order valence-electron chi connectivity index (χ4n) is 3.15. The zero-order valence-corrected chi connectivity index (χ0v) is 13.1. The summed E-state index contributed by atoms with van der Waals surface area (Å²) in [4.78, 5) is 2.49. The van der Waals surface area contributed by atoms with Crippen molar-refractivity contribution in [3.05, 3.63) is 35.4 Å². The third-order valence-electron chi connectivity index (χ3n) is 4.24. The molecule has 1 N–H and O–H groups in total. The molecule has 1 aliphatic rings. The van der Waals surface area contributed by atoms with Crippen LogP contribution in [0.5, 0.6) is 0 Å². The van der Waals surface area contributed by atoms with Gasteiger partial charge in [0.25, 0.3) is 0 Å². The van der Waals surface area contributed by atoms with Crippen LogP contribution in [0.1, 0.15) is 36.9 Å². The summed E-state index contributed by atoms with van der Waals surface area (Å²) in [6.45, 7) is 5.25. The summed E-state index contributed by atoms with van der Waals surface area (Å²) < 4.78 is 5.17. The van der Waals surface area contributed by atoms with Crippen molar-refractivity contribution in [3.8, 4) is 0 Å². The van der Waals surface area contributed by atoms with Crippen LogP contribution in [0, 0.1) is 0 Å². The number of hydrogen-bond acceptors (Lipinski definition) is 3.